The van der Waals surface area contributed by atoms with Crippen molar-refractivity contribution >= 4 is 0 Å². The maximum Gasteiger partial charge on any atom is 0.127 e. The van der Waals surface area contributed by atoms with Crippen molar-refractivity contribution in [3.63, 3.8) is 0 Å². The third-order valence-electron chi connectivity index (χ3n) is 3.76. The summed E-state index contributed by atoms with van der Waals surface area (Å²) in [5.74, 6) is 2.60. The molecule has 1 fully saturated rings. The number of benzene rings is 1. The zero-order valence-corrected chi connectivity index (χ0v) is 12.0. The fourth-order valence-corrected chi connectivity index (χ4v) is 2.92. The van der Waals surface area contributed by atoms with Gasteiger partial charge < -0.3 is 14.6 Å². The molecular weight excluding hydrogens is 240 g/mol. The highest BCUT2D eigenvalue weighted by Crippen LogP contribution is 2.32. The Labute approximate surface area is 115 Å². The average molecular weight is 264 g/mol. The molecule has 0 aliphatic heterocycles. The van der Waals surface area contributed by atoms with Crippen LogP contribution in [0.25, 0.3) is 0 Å². The molecule has 1 N–H and O–H groups in total. The highest BCUT2D eigenvalue weighted by molar-refractivity contribution is 5.31. The monoisotopic (exact) mass is 264 g/mol. The van der Waals surface area contributed by atoms with E-state index in [1.807, 2.05) is 31.2 Å². The molecule has 1 aliphatic rings. The van der Waals surface area contributed by atoms with E-state index in [1.54, 1.807) is 0 Å². The van der Waals surface area contributed by atoms with E-state index in [4.69, 9.17) is 9.47 Å². The molecule has 2 rings (SSSR count). The quantitative estimate of drug-likeness (QED) is 0.907. The molecule has 1 aromatic rings. The molecule has 0 amide bonds. The highest BCUT2D eigenvalue weighted by Gasteiger charge is 2.34. The second-order valence-electron chi connectivity index (χ2n) is 5.61. The first-order valence-corrected chi connectivity index (χ1v) is 7.17. The summed E-state index contributed by atoms with van der Waals surface area (Å²) in [5.41, 5.74) is 0. The molecule has 19 heavy (non-hydrogen) atoms. The molecule has 106 valence electrons. The van der Waals surface area contributed by atoms with E-state index < -0.39 is 0 Å². The third kappa shape index (κ3) is 3.63. The Morgan fingerprint density at radius 3 is 2.32 bits per heavy atom. The third-order valence-corrected chi connectivity index (χ3v) is 3.76. The van der Waals surface area contributed by atoms with Gasteiger partial charge in [0.05, 0.1) is 12.7 Å². The summed E-state index contributed by atoms with van der Waals surface area (Å²) in [6.45, 7) is 6.97. The van der Waals surface area contributed by atoms with Gasteiger partial charge in [-0.1, -0.05) is 13.8 Å². The zero-order chi connectivity index (χ0) is 13.8. The predicted octanol–water partition coefficient (Wildman–Crippen LogP) is 3.26. The SMILES string of the molecule is CCOc1ccc(OC2C(C)CC(C)CC2O)cc1. The highest BCUT2D eigenvalue weighted by atomic mass is 16.5. The number of hydrogen-bond donors (Lipinski definition) is 1. The van der Waals surface area contributed by atoms with E-state index in [0.717, 1.165) is 24.3 Å². The number of aliphatic hydroxyl groups is 1. The van der Waals surface area contributed by atoms with Crippen LogP contribution in [0.3, 0.4) is 0 Å². The number of ether oxygens (including phenoxy) is 2. The summed E-state index contributed by atoms with van der Waals surface area (Å²) in [6, 6.07) is 7.62. The first-order chi connectivity index (χ1) is 9.10. The standard InChI is InChI=1S/C16H24O3/c1-4-18-13-5-7-14(8-6-13)19-16-12(3)9-11(2)10-15(16)17/h5-8,11-12,15-17H,4,9-10H2,1-3H3. The van der Waals surface area contributed by atoms with Crippen LogP contribution in [0.5, 0.6) is 11.5 Å². The molecule has 4 unspecified atom stereocenters. The van der Waals surface area contributed by atoms with Crippen LogP contribution in [0.1, 0.15) is 33.6 Å². The lowest BCUT2D eigenvalue weighted by Gasteiger charge is -2.36. The lowest BCUT2D eigenvalue weighted by Crippen LogP contribution is -2.43. The van der Waals surface area contributed by atoms with Gasteiger partial charge in [0.2, 0.25) is 0 Å². The Morgan fingerprint density at radius 2 is 1.74 bits per heavy atom. The summed E-state index contributed by atoms with van der Waals surface area (Å²) in [7, 11) is 0. The van der Waals surface area contributed by atoms with Crippen molar-refractivity contribution in [3.05, 3.63) is 24.3 Å². The molecule has 4 atom stereocenters. The van der Waals surface area contributed by atoms with Gasteiger partial charge in [-0.3, -0.25) is 0 Å². The van der Waals surface area contributed by atoms with Crippen molar-refractivity contribution in [2.75, 3.05) is 6.61 Å². The molecule has 0 bridgehead atoms. The van der Waals surface area contributed by atoms with Gasteiger partial charge in [-0.25, -0.2) is 0 Å². The van der Waals surface area contributed by atoms with Crippen molar-refractivity contribution in [2.45, 2.75) is 45.8 Å². The van der Waals surface area contributed by atoms with Crippen molar-refractivity contribution in [3.8, 4) is 11.5 Å². The van der Waals surface area contributed by atoms with E-state index in [0.29, 0.717) is 18.4 Å². The molecule has 1 aliphatic carbocycles. The van der Waals surface area contributed by atoms with Crippen molar-refractivity contribution < 1.29 is 14.6 Å². The molecule has 0 saturated heterocycles. The van der Waals surface area contributed by atoms with Crippen LogP contribution < -0.4 is 9.47 Å². The van der Waals surface area contributed by atoms with Crippen LogP contribution in [0, 0.1) is 11.8 Å². The molecule has 3 heteroatoms. The number of hydrogen-bond acceptors (Lipinski definition) is 3. The van der Waals surface area contributed by atoms with Crippen LogP contribution in [0.15, 0.2) is 24.3 Å². The van der Waals surface area contributed by atoms with Crippen LogP contribution >= 0.6 is 0 Å². The summed E-state index contributed by atoms with van der Waals surface area (Å²) >= 11 is 0. The summed E-state index contributed by atoms with van der Waals surface area (Å²) in [4.78, 5) is 0. The first-order valence-electron chi connectivity index (χ1n) is 7.17. The molecule has 0 spiro atoms. The Morgan fingerprint density at radius 1 is 1.11 bits per heavy atom. The molecule has 1 aromatic carbocycles. The first kappa shape index (κ1) is 14.2. The second kappa shape index (κ2) is 6.29. The van der Waals surface area contributed by atoms with Gasteiger partial charge in [-0.2, -0.15) is 0 Å². The van der Waals surface area contributed by atoms with Crippen molar-refractivity contribution in [2.24, 2.45) is 11.8 Å². The number of rotatable bonds is 4. The van der Waals surface area contributed by atoms with Crippen LogP contribution in [-0.2, 0) is 0 Å². The van der Waals surface area contributed by atoms with Gasteiger partial charge >= 0.3 is 0 Å². The van der Waals surface area contributed by atoms with Crippen LogP contribution in [-0.4, -0.2) is 23.9 Å². The van der Waals surface area contributed by atoms with E-state index in [-0.39, 0.29) is 12.2 Å². The minimum atomic E-state index is -0.370. The lowest BCUT2D eigenvalue weighted by atomic mass is 9.79. The van der Waals surface area contributed by atoms with Crippen molar-refractivity contribution in [1.82, 2.24) is 0 Å². The maximum atomic E-state index is 10.2. The maximum absolute atomic E-state index is 10.2. The molecular formula is C16H24O3. The lowest BCUT2D eigenvalue weighted by molar-refractivity contribution is -0.0388. The Hall–Kier alpha value is -1.22. The Balaban J connectivity index is 1.99. The Kier molecular flexibility index (Phi) is 4.70. The molecule has 1 saturated carbocycles. The van der Waals surface area contributed by atoms with E-state index in [1.165, 1.54) is 0 Å². The smallest absolute Gasteiger partial charge is 0.127 e. The minimum absolute atomic E-state index is 0.103. The normalized spacial score (nSPS) is 30.9. The molecule has 3 nitrogen and oxygen atoms in total. The number of aliphatic hydroxyl groups excluding tert-OH is 1. The van der Waals surface area contributed by atoms with Gasteiger partial charge in [-0.05, 0) is 55.9 Å². The van der Waals surface area contributed by atoms with Gasteiger partial charge in [-0.15, -0.1) is 0 Å². The zero-order valence-electron chi connectivity index (χ0n) is 12.0. The molecule has 0 heterocycles. The second-order valence-corrected chi connectivity index (χ2v) is 5.61. The predicted molar refractivity (Wildman–Crippen MR) is 75.6 cm³/mol. The molecule has 0 radical (unpaired) electrons. The summed E-state index contributed by atoms with van der Waals surface area (Å²) < 4.78 is 11.4. The van der Waals surface area contributed by atoms with E-state index in [2.05, 4.69) is 13.8 Å². The topological polar surface area (TPSA) is 38.7 Å². The summed E-state index contributed by atoms with van der Waals surface area (Å²) in [5, 5.41) is 10.2. The van der Waals surface area contributed by atoms with Crippen LogP contribution in [0.2, 0.25) is 0 Å². The van der Waals surface area contributed by atoms with Gasteiger partial charge in [0.25, 0.3) is 0 Å². The fourth-order valence-electron chi connectivity index (χ4n) is 2.92. The van der Waals surface area contributed by atoms with E-state index in [9.17, 15) is 5.11 Å². The van der Waals surface area contributed by atoms with Gasteiger partial charge in [0.1, 0.15) is 17.6 Å². The molecule has 0 aromatic heterocycles. The van der Waals surface area contributed by atoms with Crippen molar-refractivity contribution in [1.29, 1.82) is 0 Å². The Bertz CT molecular complexity index is 375. The average Bonchev–Trinajstić information content (AvgIpc) is 2.36. The van der Waals surface area contributed by atoms with Gasteiger partial charge in [0, 0.05) is 0 Å². The van der Waals surface area contributed by atoms with Gasteiger partial charge in [0.15, 0.2) is 0 Å². The minimum Gasteiger partial charge on any atom is -0.494 e. The largest absolute Gasteiger partial charge is 0.494 e. The van der Waals surface area contributed by atoms with Crippen LogP contribution in [0.4, 0.5) is 0 Å². The van der Waals surface area contributed by atoms with E-state index >= 15 is 0 Å². The fraction of sp³-hybridized carbons (Fsp3) is 0.625. The summed E-state index contributed by atoms with van der Waals surface area (Å²) in [6.07, 6.45) is 1.46.